The standard InChI is InChI=1S/C18H17N3O2/c22-17(15-8-4-10-19-15)12-21(14-6-2-1-3-7-14)13-18(23)16-9-5-11-20-16/h1-11,19-20H,12-13H2. The van der Waals surface area contributed by atoms with Crippen LogP contribution in [0.15, 0.2) is 67.0 Å². The van der Waals surface area contributed by atoms with Gasteiger partial charge in [-0.25, -0.2) is 0 Å². The number of rotatable bonds is 7. The molecule has 116 valence electrons. The van der Waals surface area contributed by atoms with E-state index >= 15 is 0 Å². The lowest BCUT2D eigenvalue weighted by atomic mass is 10.2. The van der Waals surface area contributed by atoms with Gasteiger partial charge >= 0.3 is 0 Å². The quantitative estimate of drug-likeness (QED) is 0.659. The summed E-state index contributed by atoms with van der Waals surface area (Å²) in [5, 5.41) is 0. The Morgan fingerprint density at radius 1 is 0.739 bits per heavy atom. The van der Waals surface area contributed by atoms with Gasteiger partial charge in [-0.1, -0.05) is 18.2 Å². The number of hydrogen-bond acceptors (Lipinski definition) is 3. The highest BCUT2D eigenvalue weighted by atomic mass is 16.1. The van der Waals surface area contributed by atoms with Crippen LogP contribution in [0.3, 0.4) is 0 Å². The molecule has 3 aromatic rings. The third-order valence-corrected chi connectivity index (χ3v) is 3.59. The lowest BCUT2D eigenvalue weighted by molar-refractivity contribution is 0.0980. The van der Waals surface area contributed by atoms with Crippen LogP contribution in [0, 0.1) is 0 Å². The van der Waals surface area contributed by atoms with Gasteiger partial charge in [0.1, 0.15) is 0 Å². The van der Waals surface area contributed by atoms with Gasteiger partial charge in [-0.2, -0.15) is 0 Å². The van der Waals surface area contributed by atoms with Crippen molar-refractivity contribution in [1.29, 1.82) is 0 Å². The molecule has 0 atom stereocenters. The first kappa shape index (κ1) is 14.8. The van der Waals surface area contributed by atoms with Crippen molar-refractivity contribution in [2.24, 2.45) is 0 Å². The maximum absolute atomic E-state index is 12.4. The minimum absolute atomic E-state index is 0.0573. The Morgan fingerprint density at radius 3 is 1.70 bits per heavy atom. The summed E-state index contributed by atoms with van der Waals surface area (Å²) in [6.45, 7) is 0.272. The summed E-state index contributed by atoms with van der Waals surface area (Å²) < 4.78 is 0. The van der Waals surface area contributed by atoms with E-state index in [9.17, 15) is 9.59 Å². The molecule has 0 saturated carbocycles. The Labute approximate surface area is 134 Å². The minimum Gasteiger partial charge on any atom is -0.359 e. The van der Waals surface area contributed by atoms with E-state index in [1.54, 1.807) is 41.6 Å². The van der Waals surface area contributed by atoms with Gasteiger partial charge < -0.3 is 14.9 Å². The molecule has 2 heterocycles. The van der Waals surface area contributed by atoms with Crippen LogP contribution in [0.5, 0.6) is 0 Å². The number of nitrogens with one attached hydrogen (secondary N) is 2. The van der Waals surface area contributed by atoms with Gasteiger partial charge in [0.05, 0.1) is 24.5 Å². The minimum atomic E-state index is -0.0573. The third-order valence-electron chi connectivity index (χ3n) is 3.59. The van der Waals surface area contributed by atoms with E-state index < -0.39 is 0 Å². The highest BCUT2D eigenvalue weighted by molar-refractivity contribution is 6.01. The Balaban J connectivity index is 1.79. The fourth-order valence-electron chi connectivity index (χ4n) is 2.40. The average Bonchev–Trinajstić information content (AvgIpc) is 3.28. The van der Waals surface area contributed by atoms with Gasteiger partial charge in [0, 0.05) is 18.1 Å². The molecule has 0 radical (unpaired) electrons. The Morgan fingerprint density at radius 2 is 1.26 bits per heavy atom. The van der Waals surface area contributed by atoms with E-state index in [1.807, 2.05) is 30.3 Å². The van der Waals surface area contributed by atoms with E-state index in [0.717, 1.165) is 5.69 Å². The first-order valence-electron chi connectivity index (χ1n) is 7.37. The Hall–Kier alpha value is -3.08. The Kier molecular flexibility index (Phi) is 4.38. The highest BCUT2D eigenvalue weighted by Crippen LogP contribution is 2.15. The van der Waals surface area contributed by atoms with Crippen molar-refractivity contribution >= 4 is 17.3 Å². The molecule has 0 aliphatic heterocycles. The zero-order valence-electron chi connectivity index (χ0n) is 12.5. The molecule has 0 unspecified atom stereocenters. The highest BCUT2D eigenvalue weighted by Gasteiger charge is 2.18. The van der Waals surface area contributed by atoms with Crippen molar-refractivity contribution in [2.45, 2.75) is 0 Å². The van der Waals surface area contributed by atoms with Gasteiger partial charge in [-0.15, -0.1) is 0 Å². The predicted octanol–water partition coefficient (Wildman–Crippen LogP) is 2.92. The van der Waals surface area contributed by atoms with Crippen LogP contribution in [0.25, 0.3) is 0 Å². The van der Waals surface area contributed by atoms with Crippen molar-refractivity contribution in [3.05, 3.63) is 78.4 Å². The second-order valence-electron chi connectivity index (χ2n) is 5.21. The number of ketones is 2. The molecule has 0 spiro atoms. The van der Waals surface area contributed by atoms with Crippen LogP contribution in [0.2, 0.25) is 0 Å². The number of hydrogen-bond donors (Lipinski definition) is 2. The van der Waals surface area contributed by atoms with Crippen molar-refractivity contribution < 1.29 is 9.59 Å². The normalized spacial score (nSPS) is 10.4. The molecule has 3 rings (SSSR count). The predicted molar refractivity (Wildman–Crippen MR) is 88.9 cm³/mol. The zero-order chi connectivity index (χ0) is 16.1. The van der Waals surface area contributed by atoms with Crippen molar-refractivity contribution in [2.75, 3.05) is 18.0 Å². The fraction of sp³-hybridized carbons (Fsp3) is 0.111. The average molecular weight is 307 g/mol. The summed E-state index contributed by atoms with van der Waals surface area (Å²) in [6, 6.07) is 16.5. The SMILES string of the molecule is O=C(CN(CC(=O)c1ccc[nH]1)c1ccccc1)c1ccc[nH]1. The lowest BCUT2D eigenvalue weighted by Crippen LogP contribution is -2.35. The molecule has 5 nitrogen and oxygen atoms in total. The van der Waals surface area contributed by atoms with Gasteiger partial charge in [0.15, 0.2) is 11.6 Å². The number of carbonyl (C=O) groups is 2. The molecule has 2 N–H and O–H groups in total. The van der Waals surface area contributed by atoms with Crippen LogP contribution in [0.4, 0.5) is 5.69 Å². The summed E-state index contributed by atoms with van der Waals surface area (Å²) in [5.74, 6) is -0.115. The number of nitrogens with zero attached hydrogens (tertiary/aromatic N) is 1. The third kappa shape index (κ3) is 3.58. The monoisotopic (exact) mass is 307 g/mol. The van der Waals surface area contributed by atoms with Crippen LogP contribution in [0.1, 0.15) is 21.0 Å². The van der Waals surface area contributed by atoms with Crippen molar-refractivity contribution in [1.82, 2.24) is 9.97 Å². The zero-order valence-corrected chi connectivity index (χ0v) is 12.5. The van der Waals surface area contributed by atoms with Gasteiger partial charge in [-0.3, -0.25) is 9.59 Å². The molecule has 23 heavy (non-hydrogen) atoms. The maximum Gasteiger partial charge on any atom is 0.198 e. The van der Waals surface area contributed by atoms with Crippen molar-refractivity contribution in [3.8, 4) is 0 Å². The van der Waals surface area contributed by atoms with Gasteiger partial charge in [0.2, 0.25) is 0 Å². The lowest BCUT2D eigenvalue weighted by Gasteiger charge is -2.23. The molecule has 1 aromatic carbocycles. The number of aromatic nitrogens is 2. The van der Waals surface area contributed by atoms with Gasteiger partial charge in [-0.05, 0) is 36.4 Å². The van der Waals surface area contributed by atoms with Gasteiger partial charge in [0.25, 0.3) is 0 Å². The molecule has 0 bridgehead atoms. The Bertz CT molecular complexity index is 714. The summed E-state index contributed by atoms with van der Waals surface area (Å²) in [7, 11) is 0. The molecular formula is C18H17N3O2. The van der Waals surface area contributed by atoms with E-state index in [1.165, 1.54) is 0 Å². The van der Waals surface area contributed by atoms with E-state index in [4.69, 9.17) is 0 Å². The summed E-state index contributed by atoms with van der Waals surface area (Å²) in [6.07, 6.45) is 3.42. The molecule has 0 fully saturated rings. The topological polar surface area (TPSA) is 69.0 Å². The number of aromatic amines is 2. The van der Waals surface area contributed by atoms with E-state index in [2.05, 4.69) is 9.97 Å². The molecule has 5 heteroatoms. The first-order chi connectivity index (χ1) is 11.2. The molecule has 0 aliphatic carbocycles. The number of Topliss-reactive ketones (excluding diaryl/α,β-unsaturated/α-hetero) is 2. The number of benzene rings is 1. The van der Waals surface area contributed by atoms with E-state index in [-0.39, 0.29) is 24.7 Å². The number of anilines is 1. The number of carbonyl (C=O) groups excluding carboxylic acids is 2. The maximum atomic E-state index is 12.4. The molecular weight excluding hydrogens is 290 g/mol. The van der Waals surface area contributed by atoms with Crippen LogP contribution >= 0.6 is 0 Å². The number of H-pyrrole nitrogens is 2. The summed E-state index contributed by atoms with van der Waals surface area (Å²) >= 11 is 0. The first-order valence-corrected chi connectivity index (χ1v) is 7.37. The smallest absolute Gasteiger partial charge is 0.198 e. The fourth-order valence-corrected chi connectivity index (χ4v) is 2.40. The number of para-hydroxylation sites is 1. The largest absolute Gasteiger partial charge is 0.359 e. The van der Waals surface area contributed by atoms with Crippen molar-refractivity contribution in [3.63, 3.8) is 0 Å². The second-order valence-corrected chi connectivity index (χ2v) is 5.21. The van der Waals surface area contributed by atoms with E-state index in [0.29, 0.717) is 11.4 Å². The second kappa shape index (κ2) is 6.79. The van der Waals surface area contributed by atoms with Crippen LogP contribution in [-0.2, 0) is 0 Å². The molecule has 0 amide bonds. The van der Waals surface area contributed by atoms with Crippen LogP contribution < -0.4 is 4.90 Å². The summed E-state index contributed by atoms with van der Waals surface area (Å²) in [4.78, 5) is 32.3. The molecule has 0 saturated heterocycles. The van der Waals surface area contributed by atoms with Crippen LogP contribution in [-0.4, -0.2) is 34.6 Å². The molecule has 2 aromatic heterocycles. The molecule has 0 aliphatic rings. The summed E-state index contributed by atoms with van der Waals surface area (Å²) in [5.41, 5.74) is 1.92.